The van der Waals surface area contributed by atoms with Gasteiger partial charge in [0.2, 0.25) is 11.8 Å². The van der Waals surface area contributed by atoms with Crippen molar-refractivity contribution in [3.05, 3.63) is 65.7 Å². The Morgan fingerprint density at radius 3 is 2.35 bits per heavy atom. The van der Waals surface area contributed by atoms with E-state index in [2.05, 4.69) is 39.4 Å². The molecular weight excluding hydrogens is 388 g/mol. The van der Waals surface area contributed by atoms with Crippen LogP contribution in [-0.2, 0) is 22.7 Å². The van der Waals surface area contributed by atoms with Gasteiger partial charge in [-0.1, -0.05) is 42.5 Å². The minimum atomic E-state index is -0.198. The van der Waals surface area contributed by atoms with Crippen LogP contribution in [0.2, 0.25) is 0 Å². The summed E-state index contributed by atoms with van der Waals surface area (Å²) in [4.78, 5) is 29.0. The molecule has 4 rings (SSSR count). The fourth-order valence-corrected chi connectivity index (χ4v) is 4.74. The molecule has 2 aromatic carbocycles. The van der Waals surface area contributed by atoms with Crippen LogP contribution in [-0.4, -0.2) is 47.3 Å². The molecular formula is C25H32N4O2. The van der Waals surface area contributed by atoms with Crippen molar-refractivity contribution in [2.24, 2.45) is 11.7 Å². The lowest BCUT2D eigenvalue weighted by Crippen LogP contribution is -2.40. The molecule has 6 heteroatoms. The van der Waals surface area contributed by atoms with Gasteiger partial charge in [0.1, 0.15) is 0 Å². The molecule has 31 heavy (non-hydrogen) atoms. The minimum Gasteiger partial charge on any atom is -0.369 e. The number of carbonyl (C=O) groups is 2. The molecule has 0 radical (unpaired) electrons. The maximum atomic E-state index is 12.9. The number of nitrogens with two attached hydrogens (primary N) is 1. The van der Waals surface area contributed by atoms with E-state index < -0.39 is 0 Å². The molecule has 164 valence electrons. The van der Waals surface area contributed by atoms with Gasteiger partial charge in [0.05, 0.1) is 12.0 Å². The van der Waals surface area contributed by atoms with Crippen LogP contribution in [0.3, 0.4) is 0 Å². The van der Waals surface area contributed by atoms with E-state index in [1.807, 2.05) is 30.3 Å². The van der Waals surface area contributed by atoms with Crippen LogP contribution in [0.25, 0.3) is 0 Å². The maximum Gasteiger partial charge on any atom is 0.241 e. The highest BCUT2D eigenvalue weighted by molar-refractivity contribution is 5.95. The van der Waals surface area contributed by atoms with Crippen molar-refractivity contribution in [2.75, 3.05) is 25.0 Å². The lowest BCUT2D eigenvalue weighted by molar-refractivity contribution is -0.123. The molecule has 0 spiro atoms. The van der Waals surface area contributed by atoms with Crippen LogP contribution < -0.4 is 11.1 Å². The van der Waals surface area contributed by atoms with Crippen molar-refractivity contribution < 1.29 is 9.59 Å². The maximum absolute atomic E-state index is 12.9. The van der Waals surface area contributed by atoms with Crippen LogP contribution in [0.4, 0.5) is 5.69 Å². The smallest absolute Gasteiger partial charge is 0.241 e. The van der Waals surface area contributed by atoms with Gasteiger partial charge < -0.3 is 11.1 Å². The Hall–Kier alpha value is -2.70. The summed E-state index contributed by atoms with van der Waals surface area (Å²) in [5.74, 6) is -0.171. The monoisotopic (exact) mass is 420 g/mol. The number of anilines is 1. The second-order valence-corrected chi connectivity index (χ2v) is 8.78. The molecule has 2 aliphatic rings. The third kappa shape index (κ3) is 5.71. The minimum absolute atomic E-state index is 0.0439. The predicted octanol–water partition coefficient (Wildman–Crippen LogP) is 2.99. The molecule has 0 aliphatic carbocycles. The average molecular weight is 421 g/mol. The number of carbonyl (C=O) groups excluding carboxylic acids is 2. The Balaban J connectivity index is 1.31. The average Bonchev–Trinajstić information content (AvgIpc) is 3.24. The van der Waals surface area contributed by atoms with Gasteiger partial charge in [-0.25, -0.2) is 0 Å². The third-order valence-electron chi connectivity index (χ3n) is 6.43. The molecule has 2 amide bonds. The number of primary amides is 1. The van der Waals surface area contributed by atoms with Gasteiger partial charge in [-0.15, -0.1) is 0 Å². The highest BCUT2D eigenvalue weighted by Gasteiger charge is 2.30. The summed E-state index contributed by atoms with van der Waals surface area (Å²) in [7, 11) is 0. The van der Waals surface area contributed by atoms with Gasteiger partial charge in [-0.05, 0) is 62.0 Å². The normalized spacial score (nSPS) is 22.3. The number of nitrogens with one attached hydrogen (secondary N) is 1. The zero-order valence-electron chi connectivity index (χ0n) is 18.0. The molecule has 2 heterocycles. The highest BCUT2D eigenvalue weighted by atomic mass is 16.2. The number of hydrogen-bond acceptors (Lipinski definition) is 4. The van der Waals surface area contributed by atoms with Gasteiger partial charge >= 0.3 is 0 Å². The second-order valence-electron chi connectivity index (χ2n) is 8.78. The third-order valence-corrected chi connectivity index (χ3v) is 6.43. The number of likely N-dealkylation sites (tertiary alicyclic amines) is 2. The van der Waals surface area contributed by atoms with E-state index in [1.165, 1.54) is 11.1 Å². The number of nitrogens with zero attached hydrogens (tertiary/aromatic N) is 2. The molecule has 0 aromatic heterocycles. The Morgan fingerprint density at radius 2 is 1.61 bits per heavy atom. The largest absolute Gasteiger partial charge is 0.369 e. The summed E-state index contributed by atoms with van der Waals surface area (Å²) in [5.41, 5.74) is 8.73. The van der Waals surface area contributed by atoms with Crippen LogP contribution in [0.15, 0.2) is 54.6 Å². The SMILES string of the molecule is NC(=O)[C@@H]1CCCN(Cc2ccc(NC(=O)[C@@H]3CCCN3Cc3ccccc3)cc2)C1. The standard InChI is InChI=1S/C25H32N4O2/c26-24(30)21-8-4-14-28(18-21)16-20-10-12-22(13-11-20)27-25(31)23-9-5-15-29(23)17-19-6-2-1-3-7-19/h1-3,6-7,10-13,21,23H,4-5,8-9,14-18H2,(H2,26,30)(H,27,31)/t21-,23+/m1/s1. The molecule has 2 atom stereocenters. The van der Waals surface area contributed by atoms with E-state index in [9.17, 15) is 9.59 Å². The van der Waals surface area contributed by atoms with E-state index >= 15 is 0 Å². The fraction of sp³-hybridized carbons (Fsp3) is 0.440. The number of hydrogen-bond donors (Lipinski definition) is 2. The topological polar surface area (TPSA) is 78.7 Å². The summed E-state index contributed by atoms with van der Waals surface area (Å²) in [6.07, 6.45) is 3.83. The van der Waals surface area contributed by atoms with Crippen molar-refractivity contribution in [1.29, 1.82) is 0 Å². The molecule has 0 bridgehead atoms. The Kier molecular flexibility index (Phi) is 6.99. The van der Waals surface area contributed by atoms with E-state index in [1.54, 1.807) is 0 Å². The fourth-order valence-electron chi connectivity index (χ4n) is 4.74. The molecule has 2 fully saturated rings. The Labute approximate surface area is 184 Å². The Bertz CT molecular complexity index is 884. The quantitative estimate of drug-likeness (QED) is 0.722. The van der Waals surface area contributed by atoms with Gasteiger partial charge in [-0.2, -0.15) is 0 Å². The van der Waals surface area contributed by atoms with Crippen LogP contribution in [0.5, 0.6) is 0 Å². The molecule has 2 aliphatic heterocycles. The van der Waals surface area contributed by atoms with E-state index in [0.29, 0.717) is 0 Å². The van der Waals surface area contributed by atoms with E-state index in [-0.39, 0.29) is 23.8 Å². The van der Waals surface area contributed by atoms with Crippen molar-refractivity contribution in [1.82, 2.24) is 9.80 Å². The first kappa shape index (κ1) is 21.5. The molecule has 6 nitrogen and oxygen atoms in total. The Morgan fingerprint density at radius 1 is 0.903 bits per heavy atom. The summed E-state index contributed by atoms with van der Waals surface area (Å²) < 4.78 is 0. The van der Waals surface area contributed by atoms with Crippen molar-refractivity contribution in [3.63, 3.8) is 0 Å². The van der Waals surface area contributed by atoms with Crippen LogP contribution >= 0.6 is 0 Å². The highest BCUT2D eigenvalue weighted by Crippen LogP contribution is 2.23. The van der Waals surface area contributed by atoms with Crippen molar-refractivity contribution >= 4 is 17.5 Å². The number of amides is 2. The molecule has 0 unspecified atom stereocenters. The summed E-state index contributed by atoms with van der Waals surface area (Å²) in [5, 5.41) is 3.10. The zero-order chi connectivity index (χ0) is 21.6. The van der Waals surface area contributed by atoms with E-state index in [0.717, 1.165) is 64.1 Å². The van der Waals surface area contributed by atoms with Crippen molar-refractivity contribution in [3.8, 4) is 0 Å². The summed E-state index contributed by atoms with van der Waals surface area (Å²) in [6.45, 7) is 4.27. The first-order valence-corrected chi connectivity index (χ1v) is 11.3. The number of piperidine rings is 1. The van der Waals surface area contributed by atoms with Gasteiger partial charge in [-0.3, -0.25) is 19.4 Å². The number of benzene rings is 2. The second kappa shape index (κ2) is 10.1. The molecule has 0 saturated carbocycles. The van der Waals surface area contributed by atoms with Crippen LogP contribution in [0, 0.1) is 5.92 Å². The zero-order valence-corrected chi connectivity index (χ0v) is 18.0. The van der Waals surface area contributed by atoms with E-state index in [4.69, 9.17) is 5.73 Å². The first-order chi connectivity index (χ1) is 15.1. The molecule has 3 N–H and O–H groups in total. The lowest BCUT2D eigenvalue weighted by Gasteiger charge is -2.31. The first-order valence-electron chi connectivity index (χ1n) is 11.3. The summed E-state index contributed by atoms with van der Waals surface area (Å²) >= 11 is 0. The molecule has 2 aromatic rings. The van der Waals surface area contributed by atoms with Gasteiger partial charge in [0, 0.05) is 25.3 Å². The lowest BCUT2D eigenvalue weighted by atomic mass is 9.97. The molecule has 2 saturated heterocycles. The van der Waals surface area contributed by atoms with Crippen LogP contribution in [0.1, 0.15) is 36.8 Å². The summed E-state index contributed by atoms with van der Waals surface area (Å²) in [6, 6.07) is 18.3. The van der Waals surface area contributed by atoms with Gasteiger partial charge in [0.15, 0.2) is 0 Å². The number of rotatable bonds is 7. The van der Waals surface area contributed by atoms with Gasteiger partial charge in [0.25, 0.3) is 0 Å². The van der Waals surface area contributed by atoms with Crippen molar-refractivity contribution in [2.45, 2.75) is 44.8 Å². The predicted molar refractivity (Wildman–Crippen MR) is 122 cm³/mol.